The molecule has 1 heterocycles. The zero-order valence-corrected chi connectivity index (χ0v) is 32.9. The highest BCUT2D eigenvalue weighted by molar-refractivity contribution is 6.30. The van der Waals surface area contributed by atoms with Gasteiger partial charge < -0.3 is 4.90 Å². The molecule has 0 unspecified atom stereocenters. The number of benzene rings is 7. The van der Waals surface area contributed by atoms with Crippen molar-refractivity contribution in [3.63, 3.8) is 0 Å². The Labute approximate surface area is 336 Å². The zero-order valence-electron chi connectivity index (χ0n) is 32.1. The Morgan fingerprint density at radius 2 is 1.05 bits per heavy atom. The first-order chi connectivity index (χ1) is 27.4. The van der Waals surface area contributed by atoms with E-state index in [1.807, 2.05) is 6.07 Å². The van der Waals surface area contributed by atoms with Crippen LogP contribution in [0.2, 0.25) is 5.02 Å². The number of likely N-dealkylation sites (N-methyl/N-ethyl adjacent to an activating group) is 1. The van der Waals surface area contributed by atoms with E-state index in [0.29, 0.717) is 0 Å². The van der Waals surface area contributed by atoms with Crippen LogP contribution in [0.5, 0.6) is 0 Å². The molecule has 7 aromatic rings. The normalized spacial score (nSPS) is 16.2. The fraction of sp³-hybridized carbons (Fsp3) is 0.148. The van der Waals surface area contributed by atoms with E-state index in [1.54, 1.807) is 0 Å². The van der Waals surface area contributed by atoms with Crippen molar-refractivity contribution in [3.8, 4) is 0 Å². The minimum Gasteiger partial charge on any atom is -0.347 e. The average Bonchev–Trinajstić information content (AvgIpc) is 3.58. The first kappa shape index (κ1) is 35.8. The second kappa shape index (κ2) is 15.0. The molecule has 0 saturated heterocycles. The summed E-state index contributed by atoms with van der Waals surface area (Å²) in [6.45, 7) is 2.34. The monoisotopic (exact) mass is 743 g/mol. The van der Waals surface area contributed by atoms with E-state index in [-0.39, 0.29) is 10.8 Å². The number of halogens is 1. The van der Waals surface area contributed by atoms with E-state index in [4.69, 9.17) is 11.6 Å². The number of fused-ring (bicyclic) bond motifs is 4. The molecule has 0 atom stereocenters. The summed E-state index contributed by atoms with van der Waals surface area (Å²) in [5, 5.41) is 3.39. The first-order valence-corrected chi connectivity index (χ1v) is 20.2. The third-order valence-corrected chi connectivity index (χ3v) is 12.6. The van der Waals surface area contributed by atoms with Crippen LogP contribution in [0.1, 0.15) is 45.9 Å². The minimum atomic E-state index is -0.342. The molecule has 1 aliphatic carbocycles. The van der Waals surface area contributed by atoms with E-state index >= 15 is 0 Å². The van der Waals surface area contributed by atoms with Gasteiger partial charge in [-0.05, 0) is 118 Å². The van der Waals surface area contributed by atoms with Crippen molar-refractivity contribution >= 4 is 33.6 Å². The summed E-state index contributed by atoms with van der Waals surface area (Å²) in [6, 6.07) is 64.1. The smallest absolute Gasteiger partial charge is 0.0456 e. The topological polar surface area (TPSA) is 3.24 Å². The Balaban J connectivity index is 1.24. The largest absolute Gasteiger partial charge is 0.347 e. The van der Waals surface area contributed by atoms with Crippen LogP contribution in [0.3, 0.4) is 0 Å². The summed E-state index contributed by atoms with van der Waals surface area (Å²) in [4.78, 5) is 2.40. The summed E-state index contributed by atoms with van der Waals surface area (Å²) in [5.74, 6) is 0. The van der Waals surface area contributed by atoms with Crippen molar-refractivity contribution < 1.29 is 0 Å². The van der Waals surface area contributed by atoms with Crippen molar-refractivity contribution in [1.82, 2.24) is 0 Å². The van der Waals surface area contributed by atoms with Crippen LogP contribution in [0.15, 0.2) is 205 Å². The number of hydrogen-bond donors (Lipinski definition) is 0. The SMILES string of the molecule is CC1=C(/C=C/C=C2/N(C)c3ccc(Cl)cc3C2(Cc2ccccc2)Cc2ccccc2)C(Cc2ccccc2)(Cc2ccccc2)c2c1ccc1ccccc21. The third-order valence-electron chi connectivity index (χ3n) is 12.3. The zero-order chi connectivity index (χ0) is 38.1. The molecule has 1 nitrogen and oxygen atoms in total. The number of anilines is 1. The van der Waals surface area contributed by atoms with Crippen LogP contribution >= 0.6 is 11.6 Å². The lowest BCUT2D eigenvalue weighted by molar-refractivity contribution is 0.507. The lowest BCUT2D eigenvalue weighted by Crippen LogP contribution is -2.34. The molecule has 56 heavy (non-hydrogen) atoms. The number of nitrogens with zero attached hydrogens (tertiary/aromatic N) is 1. The molecule has 0 spiro atoms. The molecule has 2 aliphatic rings. The fourth-order valence-corrected chi connectivity index (χ4v) is 10.1. The summed E-state index contributed by atoms with van der Waals surface area (Å²) < 4.78 is 0. The van der Waals surface area contributed by atoms with Gasteiger partial charge in [0.1, 0.15) is 0 Å². The predicted molar refractivity (Wildman–Crippen MR) is 238 cm³/mol. The summed E-state index contributed by atoms with van der Waals surface area (Å²) in [5.41, 5.74) is 13.9. The molecule has 1 aliphatic heterocycles. The van der Waals surface area contributed by atoms with E-state index in [0.717, 1.165) is 30.7 Å². The van der Waals surface area contributed by atoms with Gasteiger partial charge in [0.2, 0.25) is 0 Å². The van der Waals surface area contributed by atoms with Crippen LogP contribution in [-0.2, 0) is 36.5 Å². The van der Waals surface area contributed by atoms with Gasteiger partial charge in [0.25, 0.3) is 0 Å². The van der Waals surface area contributed by atoms with Gasteiger partial charge in [-0.25, -0.2) is 0 Å². The molecule has 0 fully saturated rings. The van der Waals surface area contributed by atoms with Crippen LogP contribution in [0.25, 0.3) is 16.3 Å². The molecular weight excluding hydrogens is 698 g/mol. The standard InChI is InChI=1S/C54H46ClN/c1-39-46-32-30-44-26-15-16-27-47(44)52(46)54(37-42-22-11-5-12-23-42,38-43-24-13-6-14-25-43)48(39)28-17-29-51-53(35-40-18-7-3-8-19-40,36-41-20-9-4-10-21-41)49-34-45(55)31-33-50(49)56(51)2/h3-34H,35-38H2,1-2H3/b28-17+,51-29+. The van der Waals surface area contributed by atoms with Gasteiger partial charge in [0, 0.05) is 34.3 Å². The maximum Gasteiger partial charge on any atom is 0.0456 e. The Kier molecular flexibility index (Phi) is 9.57. The maximum atomic E-state index is 6.85. The summed E-state index contributed by atoms with van der Waals surface area (Å²) >= 11 is 6.85. The molecule has 9 rings (SSSR count). The number of rotatable bonds is 10. The third kappa shape index (κ3) is 6.41. The lowest BCUT2D eigenvalue weighted by Gasteiger charge is -2.35. The highest BCUT2D eigenvalue weighted by atomic mass is 35.5. The summed E-state index contributed by atoms with van der Waals surface area (Å²) in [7, 11) is 2.22. The Bertz CT molecular complexity index is 2520. The molecule has 2 heteroatoms. The van der Waals surface area contributed by atoms with Gasteiger partial charge in [-0.15, -0.1) is 0 Å². The van der Waals surface area contributed by atoms with Crippen LogP contribution in [0, 0.1) is 0 Å². The second-order valence-corrected chi connectivity index (χ2v) is 16.1. The van der Waals surface area contributed by atoms with Gasteiger partial charge in [-0.1, -0.05) is 181 Å². The highest BCUT2D eigenvalue weighted by Gasteiger charge is 2.47. The lowest BCUT2D eigenvalue weighted by atomic mass is 9.67. The van der Waals surface area contributed by atoms with Crippen molar-refractivity contribution in [2.24, 2.45) is 0 Å². The van der Waals surface area contributed by atoms with Crippen molar-refractivity contribution in [2.75, 3.05) is 11.9 Å². The fourth-order valence-electron chi connectivity index (χ4n) is 9.94. The van der Waals surface area contributed by atoms with E-state index in [9.17, 15) is 0 Å². The second-order valence-electron chi connectivity index (χ2n) is 15.7. The molecule has 0 aromatic heterocycles. The molecular formula is C54H46ClN. The van der Waals surface area contributed by atoms with Crippen LogP contribution in [0.4, 0.5) is 5.69 Å². The Hall–Kier alpha value is -5.89. The molecule has 0 amide bonds. The van der Waals surface area contributed by atoms with E-state index in [2.05, 4.69) is 207 Å². The average molecular weight is 744 g/mol. The first-order valence-electron chi connectivity index (χ1n) is 19.8. The van der Waals surface area contributed by atoms with Gasteiger partial charge in [-0.3, -0.25) is 0 Å². The Morgan fingerprint density at radius 1 is 0.554 bits per heavy atom. The maximum absolute atomic E-state index is 6.85. The summed E-state index contributed by atoms with van der Waals surface area (Å²) in [6.07, 6.45) is 10.7. The molecule has 274 valence electrons. The number of hydrogen-bond acceptors (Lipinski definition) is 1. The molecule has 0 bridgehead atoms. The molecule has 0 N–H and O–H groups in total. The molecule has 0 saturated carbocycles. The molecule has 7 aromatic carbocycles. The van der Waals surface area contributed by atoms with E-state index < -0.39 is 0 Å². The van der Waals surface area contributed by atoms with Gasteiger partial charge in [-0.2, -0.15) is 0 Å². The van der Waals surface area contributed by atoms with Crippen molar-refractivity contribution in [1.29, 1.82) is 0 Å². The molecule has 0 radical (unpaired) electrons. The minimum absolute atomic E-state index is 0.290. The van der Waals surface area contributed by atoms with Gasteiger partial charge in [0.15, 0.2) is 0 Å². The quantitative estimate of drug-likeness (QED) is 0.135. The highest BCUT2D eigenvalue weighted by Crippen LogP contribution is 2.54. The van der Waals surface area contributed by atoms with Gasteiger partial charge in [0.05, 0.1) is 0 Å². The van der Waals surface area contributed by atoms with Gasteiger partial charge >= 0.3 is 0 Å². The van der Waals surface area contributed by atoms with Crippen molar-refractivity contribution in [2.45, 2.75) is 43.4 Å². The predicted octanol–water partition coefficient (Wildman–Crippen LogP) is 13.3. The number of allylic oxidation sites excluding steroid dienone is 6. The van der Waals surface area contributed by atoms with E-state index in [1.165, 1.54) is 72.2 Å². The van der Waals surface area contributed by atoms with Crippen LogP contribution < -0.4 is 4.90 Å². The van der Waals surface area contributed by atoms with Crippen molar-refractivity contribution in [3.05, 3.63) is 249 Å². The van der Waals surface area contributed by atoms with Crippen LogP contribution in [-0.4, -0.2) is 7.05 Å². The Morgan fingerprint density at radius 3 is 1.61 bits per heavy atom.